The predicted molar refractivity (Wildman–Crippen MR) is 72.8 cm³/mol. The van der Waals surface area contributed by atoms with Crippen LogP contribution in [0, 0.1) is 0 Å². The molecule has 1 atom stereocenters. The van der Waals surface area contributed by atoms with Gasteiger partial charge < -0.3 is 15.2 Å². The topological polar surface area (TPSA) is 62.3 Å². The summed E-state index contributed by atoms with van der Waals surface area (Å²) in [6.45, 7) is 0.920. The smallest absolute Gasteiger partial charge is 0.119 e. The van der Waals surface area contributed by atoms with E-state index in [1.807, 2.05) is 37.5 Å². The summed E-state index contributed by atoms with van der Waals surface area (Å²) in [6.07, 6.45) is 3.56. The second-order valence-electron chi connectivity index (χ2n) is 4.33. The van der Waals surface area contributed by atoms with Crippen LogP contribution < -0.4 is 10.5 Å². The monoisotopic (exact) mass is 261 g/mol. The highest BCUT2D eigenvalue weighted by Gasteiger charge is 2.12. The van der Waals surface area contributed by atoms with E-state index in [1.165, 1.54) is 0 Å². The Labute approximate surface area is 112 Å². The third kappa shape index (κ3) is 3.56. The Kier molecular flexibility index (Phi) is 4.54. The zero-order valence-corrected chi connectivity index (χ0v) is 11.2. The molecule has 1 aromatic heterocycles. The maximum Gasteiger partial charge on any atom is 0.119 e. The van der Waals surface area contributed by atoms with Gasteiger partial charge in [0, 0.05) is 25.4 Å². The fourth-order valence-electron chi connectivity index (χ4n) is 1.87. The predicted octanol–water partition coefficient (Wildman–Crippen LogP) is 1.65. The molecule has 0 saturated heterocycles. The zero-order chi connectivity index (χ0) is 13.7. The number of benzene rings is 1. The van der Waals surface area contributed by atoms with Crippen molar-refractivity contribution in [3.05, 3.63) is 47.8 Å². The molecule has 0 radical (unpaired) electrons. The van der Waals surface area contributed by atoms with Crippen LogP contribution in [0.15, 0.2) is 36.7 Å². The lowest BCUT2D eigenvalue weighted by atomic mass is 10.2. The van der Waals surface area contributed by atoms with Crippen LogP contribution in [0.4, 0.5) is 0 Å². The minimum Gasteiger partial charge on any atom is -0.497 e. The SMILES string of the molecule is COc1cccc(COC(CN)c2cnn(C)c2)c1. The molecule has 0 spiro atoms. The first-order valence-corrected chi connectivity index (χ1v) is 6.16. The van der Waals surface area contributed by atoms with Crippen LogP contribution in [0.3, 0.4) is 0 Å². The molecule has 0 saturated carbocycles. The van der Waals surface area contributed by atoms with Crippen LogP contribution in [0.1, 0.15) is 17.2 Å². The average molecular weight is 261 g/mol. The molecule has 2 aromatic rings. The van der Waals surface area contributed by atoms with E-state index in [4.69, 9.17) is 15.2 Å². The average Bonchev–Trinajstić information content (AvgIpc) is 2.86. The molecule has 102 valence electrons. The van der Waals surface area contributed by atoms with Gasteiger partial charge in [-0.15, -0.1) is 0 Å². The summed E-state index contributed by atoms with van der Waals surface area (Å²) in [5.41, 5.74) is 7.80. The minimum absolute atomic E-state index is 0.139. The van der Waals surface area contributed by atoms with E-state index in [0.717, 1.165) is 16.9 Å². The second kappa shape index (κ2) is 6.36. The summed E-state index contributed by atoms with van der Waals surface area (Å²) >= 11 is 0. The molecule has 5 heteroatoms. The van der Waals surface area contributed by atoms with Gasteiger partial charge in [-0.2, -0.15) is 5.10 Å². The van der Waals surface area contributed by atoms with Crippen molar-refractivity contribution in [1.29, 1.82) is 0 Å². The number of ether oxygens (including phenoxy) is 2. The van der Waals surface area contributed by atoms with E-state index in [9.17, 15) is 0 Å². The molecule has 0 bridgehead atoms. The second-order valence-corrected chi connectivity index (χ2v) is 4.33. The number of aromatic nitrogens is 2. The van der Waals surface area contributed by atoms with E-state index in [0.29, 0.717) is 13.2 Å². The van der Waals surface area contributed by atoms with E-state index >= 15 is 0 Å². The van der Waals surface area contributed by atoms with E-state index < -0.39 is 0 Å². The molecule has 1 aromatic carbocycles. The lowest BCUT2D eigenvalue weighted by Gasteiger charge is -2.14. The molecule has 0 aliphatic carbocycles. The maximum absolute atomic E-state index is 5.84. The van der Waals surface area contributed by atoms with E-state index in [1.54, 1.807) is 18.0 Å². The van der Waals surface area contributed by atoms with E-state index in [2.05, 4.69) is 5.10 Å². The summed E-state index contributed by atoms with van der Waals surface area (Å²) in [6, 6.07) is 7.81. The third-order valence-electron chi connectivity index (χ3n) is 2.90. The van der Waals surface area contributed by atoms with Crippen molar-refractivity contribution in [2.75, 3.05) is 13.7 Å². The van der Waals surface area contributed by atoms with Crippen molar-refractivity contribution in [3.63, 3.8) is 0 Å². The number of rotatable bonds is 6. The highest BCUT2D eigenvalue weighted by atomic mass is 16.5. The van der Waals surface area contributed by atoms with Crippen LogP contribution in [-0.4, -0.2) is 23.4 Å². The van der Waals surface area contributed by atoms with Gasteiger partial charge in [0.2, 0.25) is 0 Å². The van der Waals surface area contributed by atoms with Crippen molar-refractivity contribution >= 4 is 0 Å². The molecule has 2 N–H and O–H groups in total. The molecular formula is C14H19N3O2. The van der Waals surface area contributed by atoms with Crippen molar-refractivity contribution in [2.45, 2.75) is 12.7 Å². The molecule has 5 nitrogen and oxygen atoms in total. The fraction of sp³-hybridized carbons (Fsp3) is 0.357. The van der Waals surface area contributed by atoms with Gasteiger partial charge in [0.05, 0.1) is 26.0 Å². The van der Waals surface area contributed by atoms with Gasteiger partial charge in [-0.3, -0.25) is 4.68 Å². The normalized spacial score (nSPS) is 12.4. The van der Waals surface area contributed by atoms with Gasteiger partial charge >= 0.3 is 0 Å². The van der Waals surface area contributed by atoms with E-state index in [-0.39, 0.29) is 6.10 Å². The molecule has 19 heavy (non-hydrogen) atoms. The zero-order valence-electron chi connectivity index (χ0n) is 11.2. The molecule has 0 amide bonds. The van der Waals surface area contributed by atoms with Gasteiger partial charge in [-0.25, -0.2) is 0 Å². The number of aryl methyl sites for hydroxylation is 1. The standard InChI is InChI=1S/C14H19N3O2/c1-17-9-12(8-16-17)14(7-15)19-10-11-4-3-5-13(6-11)18-2/h3-6,8-9,14H,7,10,15H2,1-2H3. The van der Waals surface area contributed by atoms with Gasteiger partial charge in [0.1, 0.15) is 5.75 Å². The molecule has 2 rings (SSSR count). The first-order chi connectivity index (χ1) is 9.22. The Bertz CT molecular complexity index is 525. The Hall–Kier alpha value is -1.85. The van der Waals surface area contributed by atoms with Crippen LogP contribution in [0.25, 0.3) is 0 Å². The molecule has 0 aliphatic rings. The molecule has 1 heterocycles. The molecular weight excluding hydrogens is 242 g/mol. The summed E-state index contributed by atoms with van der Waals surface area (Å²) < 4.78 is 12.8. The number of hydrogen-bond donors (Lipinski definition) is 1. The third-order valence-corrected chi connectivity index (χ3v) is 2.90. The Morgan fingerprint density at radius 1 is 1.42 bits per heavy atom. The maximum atomic E-state index is 5.84. The fourth-order valence-corrected chi connectivity index (χ4v) is 1.87. The van der Waals surface area contributed by atoms with Crippen molar-refractivity contribution in [1.82, 2.24) is 9.78 Å². The number of nitrogens with two attached hydrogens (primary N) is 1. The Morgan fingerprint density at radius 2 is 2.26 bits per heavy atom. The molecule has 0 fully saturated rings. The lowest BCUT2D eigenvalue weighted by molar-refractivity contribution is 0.0455. The number of nitrogens with zero attached hydrogens (tertiary/aromatic N) is 2. The minimum atomic E-state index is -0.139. The first-order valence-electron chi connectivity index (χ1n) is 6.16. The largest absolute Gasteiger partial charge is 0.497 e. The van der Waals surface area contributed by atoms with Gasteiger partial charge in [0.15, 0.2) is 0 Å². The van der Waals surface area contributed by atoms with Crippen LogP contribution >= 0.6 is 0 Å². The van der Waals surface area contributed by atoms with Crippen molar-refractivity contribution in [2.24, 2.45) is 12.8 Å². The van der Waals surface area contributed by atoms with Gasteiger partial charge in [-0.05, 0) is 17.7 Å². The van der Waals surface area contributed by atoms with Gasteiger partial charge in [0.25, 0.3) is 0 Å². The summed E-state index contributed by atoms with van der Waals surface area (Å²) in [7, 11) is 3.53. The Morgan fingerprint density at radius 3 is 2.89 bits per heavy atom. The number of hydrogen-bond acceptors (Lipinski definition) is 4. The van der Waals surface area contributed by atoms with Crippen LogP contribution in [0.5, 0.6) is 5.75 Å². The Balaban J connectivity index is 1.99. The number of methoxy groups -OCH3 is 1. The highest BCUT2D eigenvalue weighted by molar-refractivity contribution is 5.28. The van der Waals surface area contributed by atoms with Crippen molar-refractivity contribution in [3.8, 4) is 5.75 Å². The van der Waals surface area contributed by atoms with Gasteiger partial charge in [-0.1, -0.05) is 12.1 Å². The summed E-state index contributed by atoms with van der Waals surface area (Å²) in [4.78, 5) is 0. The molecule has 0 aliphatic heterocycles. The quantitative estimate of drug-likeness (QED) is 0.858. The van der Waals surface area contributed by atoms with Crippen LogP contribution in [0.2, 0.25) is 0 Å². The first kappa shape index (κ1) is 13.6. The summed E-state index contributed by atoms with van der Waals surface area (Å²) in [5.74, 6) is 0.826. The molecule has 1 unspecified atom stereocenters. The van der Waals surface area contributed by atoms with Crippen LogP contribution in [-0.2, 0) is 18.4 Å². The lowest BCUT2D eigenvalue weighted by Crippen LogP contribution is -2.15. The van der Waals surface area contributed by atoms with Crippen molar-refractivity contribution < 1.29 is 9.47 Å². The highest BCUT2D eigenvalue weighted by Crippen LogP contribution is 2.19. The summed E-state index contributed by atoms with van der Waals surface area (Å²) in [5, 5.41) is 4.13.